The molecule has 1 aliphatic rings. The number of rotatable bonds is 5. The fourth-order valence-electron chi connectivity index (χ4n) is 3.25. The molecule has 2 aromatic carbocycles. The zero-order chi connectivity index (χ0) is 19.4. The molecule has 1 heterocycles. The van der Waals surface area contributed by atoms with Gasteiger partial charge in [0, 0.05) is 33.8 Å². The van der Waals surface area contributed by atoms with E-state index in [1.54, 1.807) is 25.3 Å². The highest BCUT2D eigenvalue weighted by Crippen LogP contribution is 2.29. The lowest BCUT2D eigenvalue weighted by Gasteiger charge is -2.31. The van der Waals surface area contributed by atoms with Crippen LogP contribution in [-0.2, 0) is 11.3 Å². The Bertz CT molecular complexity index is 801. The molecule has 0 spiro atoms. The van der Waals surface area contributed by atoms with Gasteiger partial charge < -0.3 is 10.1 Å². The van der Waals surface area contributed by atoms with Crippen molar-refractivity contribution in [3.05, 3.63) is 57.0 Å². The Morgan fingerprint density at radius 2 is 1.78 bits per heavy atom. The summed E-state index contributed by atoms with van der Waals surface area (Å²) in [7, 11) is 1.56. The van der Waals surface area contributed by atoms with Gasteiger partial charge in [-0.1, -0.05) is 40.9 Å². The van der Waals surface area contributed by atoms with Crippen molar-refractivity contribution in [1.29, 1.82) is 0 Å². The Morgan fingerprint density at radius 1 is 1.11 bits per heavy atom. The van der Waals surface area contributed by atoms with Crippen LogP contribution in [-0.4, -0.2) is 31.0 Å². The van der Waals surface area contributed by atoms with Crippen LogP contribution in [0.15, 0.2) is 36.4 Å². The van der Waals surface area contributed by atoms with E-state index in [0.717, 1.165) is 31.5 Å². The first-order valence-electron chi connectivity index (χ1n) is 8.77. The van der Waals surface area contributed by atoms with Crippen molar-refractivity contribution in [2.45, 2.75) is 19.4 Å². The maximum Gasteiger partial charge on any atom is 0.227 e. The second kappa shape index (κ2) is 9.16. The molecule has 2 aromatic rings. The number of amides is 1. The van der Waals surface area contributed by atoms with E-state index in [4.69, 9.17) is 39.5 Å². The standard InChI is InChI=1S/C20H21Cl3N2O2/c1-27-19-6-5-14(11-18(19)23)24-20(26)13-7-9-25(10-8-13)12-15-16(21)3-2-4-17(15)22/h2-6,11,13H,7-10,12H2,1H3,(H,24,26). The number of likely N-dealkylation sites (tertiary alicyclic amines) is 1. The smallest absolute Gasteiger partial charge is 0.227 e. The van der Waals surface area contributed by atoms with Gasteiger partial charge in [-0.3, -0.25) is 9.69 Å². The van der Waals surface area contributed by atoms with E-state index in [-0.39, 0.29) is 11.8 Å². The third-order valence-electron chi connectivity index (χ3n) is 4.82. The summed E-state index contributed by atoms with van der Waals surface area (Å²) >= 11 is 18.6. The van der Waals surface area contributed by atoms with Gasteiger partial charge in [0.2, 0.25) is 5.91 Å². The summed E-state index contributed by atoms with van der Waals surface area (Å²) in [5.74, 6) is 0.580. The minimum atomic E-state index is -0.0242. The van der Waals surface area contributed by atoms with Crippen molar-refractivity contribution >= 4 is 46.4 Å². The molecule has 1 amide bonds. The molecule has 1 aliphatic heterocycles. The van der Waals surface area contributed by atoms with Crippen LogP contribution in [0.3, 0.4) is 0 Å². The molecule has 0 atom stereocenters. The van der Waals surface area contributed by atoms with Crippen LogP contribution in [0.25, 0.3) is 0 Å². The minimum Gasteiger partial charge on any atom is -0.495 e. The third kappa shape index (κ3) is 5.08. The van der Waals surface area contributed by atoms with Gasteiger partial charge in [0.05, 0.1) is 12.1 Å². The Morgan fingerprint density at radius 3 is 2.37 bits per heavy atom. The molecule has 27 heavy (non-hydrogen) atoms. The molecule has 4 nitrogen and oxygen atoms in total. The molecule has 0 bridgehead atoms. The Balaban J connectivity index is 1.54. The number of benzene rings is 2. The number of hydrogen-bond donors (Lipinski definition) is 1. The zero-order valence-electron chi connectivity index (χ0n) is 15.0. The molecule has 0 aromatic heterocycles. The second-order valence-electron chi connectivity index (χ2n) is 6.59. The summed E-state index contributed by atoms with van der Waals surface area (Å²) in [5.41, 5.74) is 1.62. The van der Waals surface area contributed by atoms with Crippen molar-refractivity contribution in [3.63, 3.8) is 0 Å². The fourth-order valence-corrected chi connectivity index (χ4v) is 4.02. The van der Waals surface area contributed by atoms with E-state index in [1.807, 2.05) is 18.2 Å². The lowest BCUT2D eigenvalue weighted by molar-refractivity contribution is -0.121. The summed E-state index contributed by atoms with van der Waals surface area (Å²) < 4.78 is 5.13. The lowest BCUT2D eigenvalue weighted by Crippen LogP contribution is -2.37. The predicted octanol–water partition coefficient (Wildman–Crippen LogP) is 5.51. The van der Waals surface area contributed by atoms with Gasteiger partial charge >= 0.3 is 0 Å². The summed E-state index contributed by atoms with van der Waals surface area (Å²) in [4.78, 5) is 14.8. The van der Waals surface area contributed by atoms with Gasteiger partial charge in [0.15, 0.2) is 0 Å². The van der Waals surface area contributed by atoms with Crippen LogP contribution < -0.4 is 10.1 Å². The van der Waals surface area contributed by atoms with Gasteiger partial charge in [-0.05, 0) is 56.3 Å². The first-order valence-corrected chi connectivity index (χ1v) is 9.91. The number of anilines is 1. The Hall–Kier alpha value is -1.46. The number of carbonyl (C=O) groups excluding carboxylic acids is 1. The molecule has 1 N–H and O–H groups in total. The molecule has 0 unspecified atom stereocenters. The van der Waals surface area contributed by atoms with Gasteiger partial charge in [-0.25, -0.2) is 0 Å². The Labute approximate surface area is 174 Å². The molecule has 3 rings (SSSR count). The molecule has 0 aliphatic carbocycles. The monoisotopic (exact) mass is 426 g/mol. The quantitative estimate of drug-likeness (QED) is 0.684. The highest BCUT2D eigenvalue weighted by molar-refractivity contribution is 6.36. The first kappa shape index (κ1) is 20.3. The van der Waals surface area contributed by atoms with E-state index in [0.29, 0.717) is 33.0 Å². The van der Waals surface area contributed by atoms with Crippen LogP contribution in [0.1, 0.15) is 18.4 Å². The van der Waals surface area contributed by atoms with Crippen molar-refractivity contribution < 1.29 is 9.53 Å². The lowest BCUT2D eigenvalue weighted by atomic mass is 9.95. The van der Waals surface area contributed by atoms with Crippen LogP contribution in [0.2, 0.25) is 15.1 Å². The predicted molar refractivity (Wildman–Crippen MR) is 111 cm³/mol. The molecular formula is C20H21Cl3N2O2. The molecular weight excluding hydrogens is 407 g/mol. The van der Waals surface area contributed by atoms with Gasteiger partial charge in [-0.2, -0.15) is 0 Å². The fraction of sp³-hybridized carbons (Fsp3) is 0.350. The van der Waals surface area contributed by atoms with Crippen molar-refractivity contribution in [2.75, 3.05) is 25.5 Å². The first-order chi connectivity index (χ1) is 13.0. The topological polar surface area (TPSA) is 41.6 Å². The summed E-state index contributed by atoms with van der Waals surface area (Å²) in [6, 6.07) is 10.8. The SMILES string of the molecule is COc1ccc(NC(=O)C2CCN(Cc3c(Cl)cccc3Cl)CC2)cc1Cl. The summed E-state index contributed by atoms with van der Waals surface area (Å²) in [6.45, 7) is 2.34. The molecule has 7 heteroatoms. The highest BCUT2D eigenvalue weighted by Gasteiger charge is 2.26. The molecule has 1 saturated heterocycles. The normalized spacial score (nSPS) is 15.6. The zero-order valence-corrected chi connectivity index (χ0v) is 17.2. The highest BCUT2D eigenvalue weighted by atomic mass is 35.5. The molecule has 1 fully saturated rings. The van der Waals surface area contributed by atoms with Crippen molar-refractivity contribution in [3.8, 4) is 5.75 Å². The van der Waals surface area contributed by atoms with Gasteiger partial charge in [-0.15, -0.1) is 0 Å². The summed E-state index contributed by atoms with van der Waals surface area (Å²) in [6.07, 6.45) is 1.58. The van der Waals surface area contributed by atoms with Crippen LogP contribution in [0, 0.1) is 5.92 Å². The van der Waals surface area contributed by atoms with Crippen LogP contribution in [0.5, 0.6) is 5.75 Å². The average Bonchev–Trinajstić information content (AvgIpc) is 2.65. The number of nitrogens with zero attached hydrogens (tertiary/aromatic N) is 1. The van der Waals surface area contributed by atoms with Crippen molar-refractivity contribution in [1.82, 2.24) is 4.90 Å². The maximum atomic E-state index is 12.6. The Kier molecular flexibility index (Phi) is 6.88. The number of piperidine rings is 1. The number of ether oxygens (including phenoxy) is 1. The summed E-state index contributed by atoms with van der Waals surface area (Å²) in [5, 5.41) is 4.78. The van der Waals surface area contributed by atoms with E-state index >= 15 is 0 Å². The second-order valence-corrected chi connectivity index (χ2v) is 7.81. The molecule has 144 valence electrons. The van der Waals surface area contributed by atoms with Crippen LogP contribution in [0.4, 0.5) is 5.69 Å². The number of carbonyl (C=O) groups is 1. The average molecular weight is 428 g/mol. The van der Waals surface area contributed by atoms with Gasteiger partial charge in [0.1, 0.15) is 5.75 Å². The maximum absolute atomic E-state index is 12.6. The van der Waals surface area contributed by atoms with Crippen LogP contribution >= 0.6 is 34.8 Å². The molecule has 0 saturated carbocycles. The number of hydrogen-bond acceptors (Lipinski definition) is 3. The largest absolute Gasteiger partial charge is 0.495 e. The number of nitrogens with one attached hydrogen (secondary N) is 1. The third-order valence-corrected chi connectivity index (χ3v) is 5.82. The number of methoxy groups -OCH3 is 1. The van der Waals surface area contributed by atoms with Crippen molar-refractivity contribution in [2.24, 2.45) is 5.92 Å². The van der Waals surface area contributed by atoms with E-state index < -0.39 is 0 Å². The number of halogens is 3. The van der Waals surface area contributed by atoms with E-state index in [1.165, 1.54) is 0 Å². The van der Waals surface area contributed by atoms with Gasteiger partial charge in [0.25, 0.3) is 0 Å². The minimum absolute atomic E-state index is 0.0201. The van der Waals surface area contributed by atoms with E-state index in [9.17, 15) is 4.79 Å². The molecule has 0 radical (unpaired) electrons. The van der Waals surface area contributed by atoms with E-state index in [2.05, 4.69) is 10.2 Å².